The maximum Gasteiger partial charge on any atom is 0.277 e. The van der Waals surface area contributed by atoms with Gasteiger partial charge in [0.05, 0.1) is 17.7 Å². The molecule has 0 aliphatic rings. The number of nitro groups is 1. The summed E-state index contributed by atoms with van der Waals surface area (Å²) in [7, 11) is 0. The fourth-order valence-electron chi connectivity index (χ4n) is 3.29. The lowest BCUT2D eigenvalue weighted by molar-refractivity contribution is -0.385. The lowest BCUT2D eigenvalue weighted by Gasteiger charge is -2.11. The molecule has 31 heavy (non-hydrogen) atoms. The Bertz CT molecular complexity index is 1130. The minimum absolute atomic E-state index is 0.0170. The molecule has 0 spiro atoms. The molecule has 8 heteroatoms. The third-order valence-electron chi connectivity index (χ3n) is 4.62. The molecule has 3 aromatic rings. The predicted molar refractivity (Wildman–Crippen MR) is 119 cm³/mol. The Hall–Kier alpha value is -3.94. The highest BCUT2D eigenvalue weighted by Crippen LogP contribution is 2.28. The van der Waals surface area contributed by atoms with Crippen molar-refractivity contribution in [3.63, 3.8) is 0 Å². The van der Waals surface area contributed by atoms with Crippen LogP contribution in [-0.4, -0.2) is 30.3 Å². The first-order chi connectivity index (χ1) is 14.9. The van der Waals surface area contributed by atoms with Crippen molar-refractivity contribution in [2.75, 3.05) is 13.2 Å². The maximum absolute atomic E-state index is 12.2. The molecule has 8 nitrogen and oxygen atoms in total. The molecule has 0 radical (unpaired) electrons. The standard InChI is InChI=1S/C23H23N3O5/c1-4-30-21-10-9-17-7-5-6-8-19(17)20(21)13-24-25-22(27)14-31-23-15(2)11-18(26(28)29)12-16(23)3/h5-13H,4,14H2,1-3H3,(H,25,27)/b24-13-. The Morgan fingerprint density at radius 3 is 2.52 bits per heavy atom. The average Bonchev–Trinajstić information content (AvgIpc) is 2.74. The van der Waals surface area contributed by atoms with Gasteiger partial charge in [0.1, 0.15) is 11.5 Å². The van der Waals surface area contributed by atoms with Crippen LogP contribution in [0.1, 0.15) is 23.6 Å². The minimum Gasteiger partial charge on any atom is -0.493 e. The van der Waals surface area contributed by atoms with Gasteiger partial charge in [-0.2, -0.15) is 5.10 Å². The van der Waals surface area contributed by atoms with Gasteiger partial charge in [0.25, 0.3) is 11.6 Å². The van der Waals surface area contributed by atoms with E-state index in [0.29, 0.717) is 29.2 Å². The van der Waals surface area contributed by atoms with E-state index in [2.05, 4.69) is 10.5 Å². The van der Waals surface area contributed by atoms with Crippen molar-refractivity contribution in [1.82, 2.24) is 5.43 Å². The number of ether oxygens (including phenoxy) is 2. The SMILES string of the molecule is CCOc1ccc2ccccc2c1/C=N\NC(=O)COc1c(C)cc([N+](=O)[O-])cc1C. The summed E-state index contributed by atoms with van der Waals surface area (Å²) in [5.41, 5.74) is 4.36. The van der Waals surface area contributed by atoms with Gasteiger partial charge >= 0.3 is 0 Å². The molecule has 0 heterocycles. The summed E-state index contributed by atoms with van der Waals surface area (Å²) in [5, 5.41) is 17.0. The number of hydrogen-bond donors (Lipinski definition) is 1. The van der Waals surface area contributed by atoms with Crippen molar-refractivity contribution in [2.45, 2.75) is 20.8 Å². The summed E-state index contributed by atoms with van der Waals surface area (Å²) in [6.45, 7) is 5.53. The summed E-state index contributed by atoms with van der Waals surface area (Å²) < 4.78 is 11.3. The second-order valence-electron chi connectivity index (χ2n) is 6.88. The number of nitrogens with one attached hydrogen (secondary N) is 1. The lowest BCUT2D eigenvalue weighted by atomic mass is 10.0. The number of amides is 1. The number of fused-ring (bicyclic) bond motifs is 1. The van der Waals surface area contributed by atoms with Gasteiger partial charge < -0.3 is 9.47 Å². The Kier molecular flexibility index (Phi) is 6.81. The molecule has 1 amide bonds. The monoisotopic (exact) mass is 421 g/mol. The van der Waals surface area contributed by atoms with E-state index in [1.807, 2.05) is 43.3 Å². The lowest BCUT2D eigenvalue weighted by Crippen LogP contribution is -2.25. The van der Waals surface area contributed by atoms with Crippen LogP contribution in [0.15, 0.2) is 53.6 Å². The Morgan fingerprint density at radius 2 is 1.84 bits per heavy atom. The van der Waals surface area contributed by atoms with E-state index in [1.54, 1.807) is 20.1 Å². The fraction of sp³-hybridized carbons (Fsp3) is 0.217. The van der Waals surface area contributed by atoms with Crippen LogP contribution in [0.2, 0.25) is 0 Å². The zero-order chi connectivity index (χ0) is 22.4. The summed E-state index contributed by atoms with van der Waals surface area (Å²) >= 11 is 0. The first-order valence-corrected chi connectivity index (χ1v) is 9.75. The zero-order valence-corrected chi connectivity index (χ0v) is 17.5. The highest BCUT2D eigenvalue weighted by molar-refractivity contribution is 6.02. The molecular formula is C23H23N3O5. The first kappa shape index (κ1) is 21.8. The fourth-order valence-corrected chi connectivity index (χ4v) is 3.29. The summed E-state index contributed by atoms with van der Waals surface area (Å²) in [5.74, 6) is 0.664. The minimum atomic E-state index is -0.463. The van der Waals surface area contributed by atoms with Gasteiger partial charge in [0.15, 0.2) is 6.61 Å². The molecular weight excluding hydrogens is 398 g/mol. The molecule has 1 N–H and O–H groups in total. The van der Waals surface area contributed by atoms with E-state index in [9.17, 15) is 14.9 Å². The van der Waals surface area contributed by atoms with Crippen molar-refractivity contribution in [3.8, 4) is 11.5 Å². The number of rotatable bonds is 8. The number of nitro benzene ring substituents is 1. The molecule has 3 rings (SSSR count). The van der Waals surface area contributed by atoms with Crippen molar-refractivity contribution < 1.29 is 19.2 Å². The number of carbonyl (C=O) groups is 1. The third kappa shape index (κ3) is 5.16. The summed E-state index contributed by atoms with van der Waals surface area (Å²) in [4.78, 5) is 22.7. The number of nitrogens with zero attached hydrogens (tertiary/aromatic N) is 2. The van der Waals surface area contributed by atoms with E-state index in [0.717, 1.165) is 16.3 Å². The first-order valence-electron chi connectivity index (χ1n) is 9.75. The zero-order valence-electron chi connectivity index (χ0n) is 17.5. The number of hydrogen-bond acceptors (Lipinski definition) is 6. The Balaban J connectivity index is 1.69. The number of non-ortho nitro benzene ring substituents is 1. The molecule has 0 aliphatic heterocycles. The van der Waals surface area contributed by atoms with Crippen LogP contribution < -0.4 is 14.9 Å². The molecule has 0 aromatic heterocycles. The number of aryl methyl sites for hydroxylation is 2. The quantitative estimate of drug-likeness (QED) is 0.332. The molecule has 3 aromatic carbocycles. The smallest absolute Gasteiger partial charge is 0.277 e. The second kappa shape index (κ2) is 9.71. The van der Waals surface area contributed by atoms with Gasteiger partial charge in [0.2, 0.25) is 0 Å². The number of hydrazone groups is 1. The topological polar surface area (TPSA) is 103 Å². The number of benzene rings is 3. The summed E-state index contributed by atoms with van der Waals surface area (Å²) in [6.07, 6.45) is 1.55. The molecule has 0 atom stereocenters. The van der Waals surface area contributed by atoms with Gasteiger partial charge in [-0.3, -0.25) is 14.9 Å². The molecule has 0 aliphatic carbocycles. The molecule has 0 unspecified atom stereocenters. The van der Waals surface area contributed by atoms with Crippen LogP contribution in [0.25, 0.3) is 10.8 Å². The van der Waals surface area contributed by atoms with Crippen molar-refractivity contribution in [1.29, 1.82) is 0 Å². The number of carbonyl (C=O) groups excluding carboxylic acids is 1. The Labute approximate surface area is 179 Å². The van der Waals surface area contributed by atoms with Gasteiger partial charge in [-0.15, -0.1) is 0 Å². The van der Waals surface area contributed by atoms with Crippen molar-refractivity contribution in [3.05, 3.63) is 75.3 Å². The second-order valence-corrected chi connectivity index (χ2v) is 6.88. The van der Waals surface area contributed by atoms with Gasteiger partial charge in [-0.1, -0.05) is 30.3 Å². The Morgan fingerprint density at radius 1 is 1.13 bits per heavy atom. The third-order valence-corrected chi connectivity index (χ3v) is 4.62. The van der Waals surface area contributed by atoms with Crippen LogP contribution >= 0.6 is 0 Å². The van der Waals surface area contributed by atoms with Crippen LogP contribution in [0.5, 0.6) is 11.5 Å². The molecule has 0 fully saturated rings. The van der Waals surface area contributed by atoms with Crippen LogP contribution in [0.3, 0.4) is 0 Å². The molecule has 0 saturated carbocycles. The highest BCUT2D eigenvalue weighted by atomic mass is 16.6. The van der Waals surface area contributed by atoms with Crippen molar-refractivity contribution >= 4 is 28.6 Å². The van der Waals surface area contributed by atoms with Gasteiger partial charge in [0, 0.05) is 17.7 Å². The van der Waals surface area contributed by atoms with E-state index >= 15 is 0 Å². The normalized spacial score (nSPS) is 10.9. The van der Waals surface area contributed by atoms with Crippen LogP contribution in [0, 0.1) is 24.0 Å². The van der Waals surface area contributed by atoms with E-state index in [1.165, 1.54) is 12.1 Å². The summed E-state index contributed by atoms with van der Waals surface area (Å²) in [6, 6.07) is 14.5. The van der Waals surface area contributed by atoms with Crippen LogP contribution in [0.4, 0.5) is 5.69 Å². The van der Waals surface area contributed by atoms with E-state index < -0.39 is 10.8 Å². The average molecular weight is 421 g/mol. The largest absolute Gasteiger partial charge is 0.493 e. The molecule has 160 valence electrons. The van der Waals surface area contributed by atoms with Crippen LogP contribution in [-0.2, 0) is 4.79 Å². The highest BCUT2D eigenvalue weighted by Gasteiger charge is 2.14. The van der Waals surface area contributed by atoms with Gasteiger partial charge in [-0.05, 0) is 48.7 Å². The van der Waals surface area contributed by atoms with Crippen molar-refractivity contribution in [2.24, 2.45) is 5.10 Å². The van der Waals surface area contributed by atoms with Gasteiger partial charge in [-0.25, -0.2) is 5.43 Å². The van der Waals surface area contributed by atoms with E-state index in [-0.39, 0.29) is 12.3 Å². The van der Waals surface area contributed by atoms with E-state index in [4.69, 9.17) is 9.47 Å². The maximum atomic E-state index is 12.2. The molecule has 0 saturated heterocycles. The predicted octanol–water partition coefficient (Wildman–Crippen LogP) is 4.29. The molecule has 0 bridgehead atoms.